The van der Waals surface area contributed by atoms with Gasteiger partial charge in [-0.2, -0.15) is 13.5 Å². The van der Waals surface area contributed by atoms with Gasteiger partial charge in [-0.3, -0.25) is 0 Å². The van der Waals surface area contributed by atoms with Crippen LogP contribution in [0.15, 0.2) is 52.5 Å². The highest BCUT2D eigenvalue weighted by Crippen LogP contribution is 2.29. The van der Waals surface area contributed by atoms with Crippen LogP contribution >= 0.6 is 11.6 Å². The Morgan fingerprint density at radius 1 is 1.21 bits per heavy atom. The van der Waals surface area contributed by atoms with Crippen molar-refractivity contribution < 1.29 is 17.9 Å². The smallest absolute Gasteiger partial charge is 0.276 e. The molecule has 0 amide bonds. The lowest BCUT2D eigenvalue weighted by molar-refractivity contribution is 0.310. The molecular formula is C16H17ClN2O4S. The maximum Gasteiger partial charge on any atom is 0.276 e. The SMILES string of the molecule is CCOc1cccc(/C=N/NS(=O)(=O)c2ccc(Cl)cc2)c1OC. The van der Waals surface area contributed by atoms with Crippen LogP contribution in [0.25, 0.3) is 0 Å². The van der Waals surface area contributed by atoms with E-state index in [2.05, 4.69) is 9.93 Å². The molecule has 0 aliphatic rings. The Kier molecular flexibility index (Phi) is 6.05. The van der Waals surface area contributed by atoms with Crippen LogP contribution in [0.1, 0.15) is 12.5 Å². The lowest BCUT2D eigenvalue weighted by Gasteiger charge is -2.11. The third-order valence-corrected chi connectivity index (χ3v) is 4.50. The summed E-state index contributed by atoms with van der Waals surface area (Å²) in [6.45, 7) is 2.35. The first-order valence-electron chi connectivity index (χ1n) is 7.08. The minimum Gasteiger partial charge on any atom is -0.492 e. The van der Waals surface area contributed by atoms with E-state index in [-0.39, 0.29) is 4.90 Å². The number of methoxy groups -OCH3 is 1. The number of hydrazone groups is 1. The Balaban J connectivity index is 2.19. The zero-order chi connectivity index (χ0) is 17.6. The number of rotatable bonds is 7. The van der Waals surface area contributed by atoms with Crippen LogP contribution in [0, 0.1) is 0 Å². The van der Waals surface area contributed by atoms with Crippen molar-refractivity contribution in [3.05, 3.63) is 53.1 Å². The summed E-state index contributed by atoms with van der Waals surface area (Å²) < 4.78 is 35.0. The second-order valence-electron chi connectivity index (χ2n) is 4.62. The number of hydrogen-bond donors (Lipinski definition) is 1. The molecule has 2 aromatic rings. The van der Waals surface area contributed by atoms with Gasteiger partial charge in [0.15, 0.2) is 11.5 Å². The molecule has 0 unspecified atom stereocenters. The Bertz CT molecular complexity index is 820. The normalized spacial score (nSPS) is 11.5. The Morgan fingerprint density at radius 2 is 1.92 bits per heavy atom. The van der Waals surface area contributed by atoms with Crippen molar-refractivity contribution in [2.45, 2.75) is 11.8 Å². The zero-order valence-corrected chi connectivity index (χ0v) is 14.8. The molecular weight excluding hydrogens is 352 g/mol. The number of nitrogens with zero attached hydrogens (tertiary/aromatic N) is 1. The third kappa shape index (κ3) is 4.39. The van der Waals surface area contributed by atoms with E-state index < -0.39 is 10.0 Å². The number of ether oxygens (including phenoxy) is 2. The van der Waals surface area contributed by atoms with E-state index in [0.717, 1.165) is 0 Å². The van der Waals surface area contributed by atoms with Crippen molar-refractivity contribution in [3.63, 3.8) is 0 Å². The minimum atomic E-state index is -3.77. The molecule has 0 aromatic heterocycles. The fourth-order valence-corrected chi connectivity index (χ4v) is 2.87. The number of halogens is 1. The van der Waals surface area contributed by atoms with Crippen LogP contribution in [0.4, 0.5) is 0 Å². The maximum atomic E-state index is 12.1. The van der Waals surface area contributed by atoms with Gasteiger partial charge in [-0.1, -0.05) is 17.7 Å². The Morgan fingerprint density at radius 3 is 2.54 bits per heavy atom. The van der Waals surface area contributed by atoms with E-state index in [9.17, 15) is 8.42 Å². The average molecular weight is 369 g/mol. The van der Waals surface area contributed by atoms with Gasteiger partial charge in [0, 0.05) is 10.6 Å². The fourth-order valence-electron chi connectivity index (χ4n) is 1.95. The first kappa shape index (κ1) is 18.1. The highest BCUT2D eigenvalue weighted by Gasteiger charge is 2.13. The molecule has 0 heterocycles. The van der Waals surface area contributed by atoms with E-state index >= 15 is 0 Å². The van der Waals surface area contributed by atoms with Gasteiger partial charge in [0.1, 0.15) is 0 Å². The van der Waals surface area contributed by atoms with Gasteiger partial charge in [0.25, 0.3) is 10.0 Å². The predicted octanol–water partition coefficient (Wildman–Crippen LogP) is 3.06. The molecule has 0 saturated heterocycles. The summed E-state index contributed by atoms with van der Waals surface area (Å²) in [5.74, 6) is 1.04. The third-order valence-electron chi connectivity index (χ3n) is 3.01. The number of benzene rings is 2. The van der Waals surface area contributed by atoms with E-state index in [4.69, 9.17) is 21.1 Å². The van der Waals surface area contributed by atoms with Gasteiger partial charge in [-0.05, 0) is 43.3 Å². The highest BCUT2D eigenvalue weighted by atomic mass is 35.5. The summed E-state index contributed by atoms with van der Waals surface area (Å²) in [5.41, 5.74) is 0.585. The van der Waals surface area contributed by atoms with E-state index in [0.29, 0.717) is 28.7 Å². The maximum absolute atomic E-state index is 12.1. The van der Waals surface area contributed by atoms with E-state index in [1.54, 1.807) is 18.2 Å². The molecule has 24 heavy (non-hydrogen) atoms. The molecule has 0 fully saturated rings. The molecule has 0 aliphatic carbocycles. The van der Waals surface area contributed by atoms with E-state index in [1.807, 2.05) is 6.92 Å². The summed E-state index contributed by atoms with van der Waals surface area (Å²) in [5, 5.41) is 4.24. The van der Waals surface area contributed by atoms with Crippen LogP contribution in [0.2, 0.25) is 5.02 Å². The Labute approximate surface area is 146 Å². The highest BCUT2D eigenvalue weighted by molar-refractivity contribution is 7.89. The molecule has 2 rings (SSSR count). The zero-order valence-electron chi connectivity index (χ0n) is 13.2. The topological polar surface area (TPSA) is 77.0 Å². The summed E-state index contributed by atoms with van der Waals surface area (Å²) in [6, 6.07) is 11.1. The largest absolute Gasteiger partial charge is 0.492 e. The van der Waals surface area contributed by atoms with Crippen molar-refractivity contribution in [1.29, 1.82) is 0 Å². The molecule has 8 heteroatoms. The van der Waals surface area contributed by atoms with Gasteiger partial charge >= 0.3 is 0 Å². The lowest BCUT2D eigenvalue weighted by Crippen LogP contribution is -2.18. The van der Waals surface area contributed by atoms with E-state index in [1.165, 1.54) is 37.6 Å². The number of nitrogens with one attached hydrogen (secondary N) is 1. The first-order valence-corrected chi connectivity index (χ1v) is 8.94. The second kappa shape index (κ2) is 8.03. The Hall–Kier alpha value is -2.25. The summed E-state index contributed by atoms with van der Waals surface area (Å²) >= 11 is 5.75. The molecule has 0 radical (unpaired) electrons. The summed E-state index contributed by atoms with van der Waals surface area (Å²) in [7, 11) is -2.26. The number of hydrogen-bond acceptors (Lipinski definition) is 5. The first-order chi connectivity index (χ1) is 11.5. The molecule has 0 aliphatic heterocycles. The molecule has 0 atom stereocenters. The van der Waals surface area contributed by atoms with Crippen LogP contribution in [0.5, 0.6) is 11.5 Å². The second-order valence-corrected chi connectivity index (χ2v) is 6.72. The van der Waals surface area contributed by atoms with Crippen LogP contribution in [-0.4, -0.2) is 28.3 Å². The van der Waals surface area contributed by atoms with Gasteiger partial charge in [-0.25, -0.2) is 4.83 Å². The number of para-hydroxylation sites is 1. The molecule has 6 nitrogen and oxygen atoms in total. The minimum absolute atomic E-state index is 0.0686. The van der Waals surface area contributed by atoms with Crippen LogP contribution in [-0.2, 0) is 10.0 Å². The van der Waals surface area contributed by atoms with Crippen molar-refractivity contribution in [1.82, 2.24) is 4.83 Å². The van der Waals surface area contributed by atoms with Gasteiger partial charge in [0.05, 0.1) is 24.8 Å². The quantitative estimate of drug-likeness (QED) is 0.602. The monoisotopic (exact) mass is 368 g/mol. The van der Waals surface area contributed by atoms with Gasteiger partial charge in [0.2, 0.25) is 0 Å². The van der Waals surface area contributed by atoms with Crippen molar-refractivity contribution in [3.8, 4) is 11.5 Å². The fraction of sp³-hybridized carbons (Fsp3) is 0.188. The summed E-state index contributed by atoms with van der Waals surface area (Å²) in [4.78, 5) is 2.22. The standard InChI is InChI=1S/C16H17ClN2O4S/c1-3-23-15-6-4-5-12(16(15)22-2)11-18-19-24(20,21)14-9-7-13(17)8-10-14/h4-11,19H,3H2,1-2H3/b18-11+. The van der Waals surface area contributed by atoms with Crippen molar-refractivity contribution in [2.24, 2.45) is 5.10 Å². The van der Waals surface area contributed by atoms with Crippen molar-refractivity contribution in [2.75, 3.05) is 13.7 Å². The number of sulfonamides is 1. The van der Waals surface area contributed by atoms with Crippen LogP contribution in [0.3, 0.4) is 0 Å². The lowest BCUT2D eigenvalue weighted by atomic mass is 10.2. The average Bonchev–Trinajstić information content (AvgIpc) is 2.55. The molecule has 0 saturated carbocycles. The predicted molar refractivity (Wildman–Crippen MR) is 93.5 cm³/mol. The van der Waals surface area contributed by atoms with Gasteiger partial charge < -0.3 is 9.47 Å². The molecule has 0 spiro atoms. The summed E-state index contributed by atoms with van der Waals surface area (Å²) in [6.07, 6.45) is 1.36. The van der Waals surface area contributed by atoms with Crippen LogP contribution < -0.4 is 14.3 Å². The molecule has 128 valence electrons. The molecule has 1 N–H and O–H groups in total. The molecule has 0 bridgehead atoms. The van der Waals surface area contributed by atoms with Crippen molar-refractivity contribution >= 4 is 27.8 Å². The van der Waals surface area contributed by atoms with Gasteiger partial charge in [-0.15, -0.1) is 0 Å². The molecule has 2 aromatic carbocycles.